The van der Waals surface area contributed by atoms with E-state index in [1.807, 2.05) is 36.4 Å². The molecule has 0 aliphatic carbocycles. The van der Waals surface area contributed by atoms with Crippen molar-refractivity contribution in [1.29, 1.82) is 0 Å². The van der Waals surface area contributed by atoms with Crippen molar-refractivity contribution >= 4 is 5.97 Å². The first-order valence-corrected chi connectivity index (χ1v) is 10.1. The number of hydrogen-bond acceptors (Lipinski definition) is 8. The molecule has 0 radical (unpaired) electrons. The van der Waals surface area contributed by atoms with Crippen LogP contribution in [0.25, 0.3) is 0 Å². The number of morpholine rings is 1. The van der Waals surface area contributed by atoms with Crippen LogP contribution in [0, 0.1) is 0 Å². The van der Waals surface area contributed by atoms with E-state index in [4.69, 9.17) is 28.4 Å². The molecule has 2 aromatic carbocycles. The molecule has 8 nitrogen and oxygen atoms in total. The molecule has 0 aromatic heterocycles. The molecule has 0 saturated carbocycles. The summed E-state index contributed by atoms with van der Waals surface area (Å²) in [6.07, 6.45) is -0.872. The van der Waals surface area contributed by atoms with Crippen molar-refractivity contribution in [2.45, 2.75) is 18.4 Å². The lowest BCUT2D eigenvalue weighted by Gasteiger charge is -2.32. The molecule has 4 aliphatic rings. The fourth-order valence-corrected chi connectivity index (χ4v) is 4.44. The van der Waals surface area contributed by atoms with E-state index in [1.165, 1.54) is 0 Å². The SMILES string of the molecule is O=C1OCCN2C1[C@@H](c1ccc3c(c1)OCCO3)O[C@H]2c1ccc2c(c1)OCCO2. The van der Waals surface area contributed by atoms with E-state index in [1.54, 1.807) is 0 Å². The van der Waals surface area contributed by atoms with E-state index in [0.29, 0.717) is 56.8 Å². The maximum atomic E-state index is 12.7. The zero-order chi connectivity index (χ0) is 20.1. The maximum absolute atomic E-state index is 12.7. The Morgan fingerprint density at radius 1 is 0.700 bits per heavy atom. The van der Waals surface area contributed by atoms with Crippen LogP contribution in [-0.2, 0) is 14.3 Å². The summed E-state index contributed by atoms with van der Waals surface area (Å²) in [5.74, 6) is 2.51. The van der Waals surface area contributed by atoms with Crippen molar-refractivity contribution in [3.8, 4) is 23.0 Å². The number of esters is 1. The van der Waals surface area contributed by atoms with Crippen LogP contribution in [0.2, 0.25) is 0 Å². The minimum atomic E-state index is -0.528. The summed E-state index contributed by atoms with van der Waals surface area (Å²) >= 11 is 0. The number of rotatable bonds is 2. The standard InChI is InChI=1S/C22H21NO7/c24-22-19-20(13-1-3-15-17(11-13)27-9-7-25-15)30-21(23(19)5-6-29-22)14-2-4-16-18(12-14)28-10-8-26-16/h1-4,11-12,19-21H,5-10H2/t19?,20-,21+/m1/s1. The largest absolute Gasteiger partial charge is 0.486 e. The molecule has 2 aromatic rings. The molecule has 0 amide bonds. The smallest absolute Gasteiger partial charge is 0.326 e. The van der Waals surface area contributed by atoms with Crippen LogP contribution in [0.1, 0.15) is 23.5 Å². The zero-order valence-electron chi connectivity index (χ0n) is 16.2. The van der Waals surface area contributed by atoms with Gasteiger partial charge in [0.15, 0.2) is 23.0 Å². The second-order valence-electron chi connectivity index (χ2n) is 7.57. The molecule has 3 atom stereocenters. The highest BCUT2D eigenvalue weighted by Crippen LogP contribution is 2.47. The highest BCUT2D eigenvalue weighted by atomic mass is 16.6. The van der Waals surface area contributed by atoms with Gasteiger partial charge in [-0.05, 0) is 35.4 Å². The monoisotopic (exact) mass is 411 g/mol. The summed E-state index contributed by atoms with van der Waals surface area (Å²) < 4.78 is 34.5. The first-order chi connectivity index (χ1) is 14.8. The average Bonchev–Trinajstić information content (AvgIpc) is 3.19. The second-order valence-corrected chi connectivity index (χ2v) is 7.57. The Morgan fingerprint density at radius 2 is 1.30 bits per heavy atom. The molecule has 2 saturated heterocycles. The normalized spacial score (nSPS) is 27.3. The Kier molecular flexibility index (Phi) is 4.21. The number of ether oxygens (including phenoxy) is 6. The molecule has 156 valence electrons. The molecule has 4 heterocycles. The van der Waals surface area contributed by atoms with E-state index in [0.717, 1.165) is 16.9 Å². The van der Waals surface area contributed by atoms with Gasteiger partial charge >= 0.3 is 5.97 Å². The van der Waals surface area contributed by atoms with Gasteiger partial charge in [0.25, 0.3) is 0 Å². The number of carbonyl (C=O) groups is 1. The molecule has 0 spiro atoms. The van der Waals surface area contributed by atoms with Crippen LogP contribution in [0.4, 0.5) is 0 Å². The third-order valence-electron chi connectivity index (χ3n) is 5.80. The summed E-state index contributed by atoms with van der Waals surface area (Å²) in [5.41, 5.74) is 1.77. The van der Waals surface area contributed by atoms with Gasteiger partial charge in [0, 0.05) is 6.54 Å². The molecular weight excluding hydrogens is 390 g/mol. The van der Waals surface area contributed by atoms with E-state index < -0.39 is 18.4 Å². The van der Waals surface area contributed by atoms with Gasteiger partial charge in [-0.25, -0.2) is 0 Å². The number of fused-ring (bicyclic) bond motifs is 3. The van der Waals surface area contributed by atoms with Crippen molar-refractivity contribution in [3.63, 3.8) is 0 Å². The molecule has 4 aliphatic heterocycles. The Hall–Kier alpha value is -2.97. The van der Waals surface area contributed by atoms with E-state index in [-0.39, 0.29) is 5.97 Å². The molecule has 2 fully saturated rings. The quantitative estimate of drug-likeness (QED) is 0.697. The number of nitrogens with zero attached hydrogens (tertiary/aromatic N) is 1. The summed E-state index contributed by atoms with van der Waals surface area (Å²) in [6, 6.07) is 10.9. The van der Waals surface area contributed by atoms with Crippen LogP contribution in [0.15, 0.2) is 36.4 Å². The maximum Gasteiger partial charge on any atom is 0.326 e. The van der Waals surface area contributed by atoms with Gasteiger partial charge in [0.2, 0.25) is 0 Å². The van der Waals surface area contributed by atoms with E-state index in [2.05, 4.69) is 4.90 Å². The van der Waals surface area contributed by atoms with Gasteiger partial charge in [-0.3, -0.25) is 9.69 Å². The highest BCUT2D eigenvalue weighted by molar-refractivity contribution is 5.78. The molecule has 6 rings (SSSR count). The van der Waals surface area contributed by atoms with E-state index >= 15 is 0 Å². The number of benzene rings is 2. The van der Waals surface area contributed by atoms with Crippen molar-refractivity contribution in [2.75, 3.05) is 39.6 Å². The third kappa shape index (κ3) is 2.86. The minimum Gasteiger partial charge on any atom is -0.486 e. The number of hydrogen-bond donors (Lipinski definition) is 0. The lowest BCUT2D eigenvalue weighted by molar-refractivity contribution is -0.157. The summed E-state index contributed by atoms with van der Waals surface area (Å²) in [6.45, 7) is 3.02. The molecule has 30 heavy (non-hydrogen) atoms. The van der Waals surface area contributed by atoms with Crippen LogP contribution < -0.4 is 18.9 Å². The van der Waals surface area contributed by atoms with E-state index in [9.17, 15) is 4.79 Å². The first-order valence-electron chi connectivity index (χ1n) is 10.1. The minimum absolute atomic E-state index is 0.277. The topological polar surface area (TPSA) is 75.7 Å². The van der Waals surface area contributed by atoms with Crippen molar-refractivity contribution < 1.29 is 33.2 Å². The molecule has 0 bridgehead atoms. The number of carbonyl (C=O) groups excluding carboxylic acids is 1. The van der Waals surface area contributed by atoms with Crippen LogP contribution in [0.3, 0.4) is 0 Å². The summed E-state index contributed by atoms with van der Waals surface area (Å²) in [4.78, 5) is 14.8. The average molecular weight is 411 g/mol. The Morgan fingerprint density at radius 3 is 2.00 bits per heavy atom. The Labute approximate surface area is 173 Å². The van der Waals surface area contributed by atoms with Crippen LogP contribution in [0.5, 0.6) is 23.0 Å². The van der Waals surface area contributed by atoms with Crippen molar-refractivity contribution in [2.24, 2.45) is 0 Å². The Balaban J connectivity index is 1.36. The first kappa shape index (κ1) is 17.9. The lowest BCUT2D eigenvalue weighted by Crippen LogP contribution is -2.47. The fourth-order valence-electron chi connectivity index (χ4n) is 4.44. The molecule has 8 heteroatoms. The second kappa shape index (κ2) is 7.07. The van der Waals surface area contributed by atoms with Gasteiger partial charge in [0.1, 0.15) is 51.4 Å². The van der Waals surface area contributed by atoms with Gasteiger partial charge in [-0.1, -0.05) is 12.1 Å². The van der Waals surface area contributed by atoms with Crippen molar-refractivity contribution in [3.05, 3.63) is 47.5 Å². The predicted octanol–water partition coefficient (Wildman–Crippen LogP) is 2.23. The zero-order valence-corrected chi connectivity index (χ0v) is 16.2. The lowest BCUT2D eigenvalue weighted by atomic mass is 10.0. The fraction of sp³-hybridized carbons (Fsp3) is 0.409. The van der Waals surface area contributed by atoms with Gasteiger partial charge in [-0.15, -0.1) is 0 Å². The molecule has 0 N–H and O–H groups in total. The Bertz CT molecular complexity index is 993. The van der Waals surface area contributed by atoms with Crippen molar-refractivity contribution in [1.82, 2.24) is 4.90 Å². The van der Waals surface area contributed by atoms with Gasteiger partial charge in [-0.2, -0.15) is 0 Å². The molecular formula is C22H21NO7. The third-order valence-corrected chi connectivity index (χ3v) is 5.80. The molecule has 1 unspecified atom stereocenters. The van der Waals surface area contributed by atoms with Crippen LogP contribution >= 0.6 is 0 Å². The predicted molar refractivity (Wildman–Crippen MR) is 103 cm³/mol. The highest BCUT2D eigenvalue weighted by Gasteiger charge is 2.50. The summed E-state index contributed by atoms with van der Waals surface area (Å²) in [5, 5.41) is 0. The summed E-state index contributed by atoms with van der Waals surface area (Å²) in [7, 11) is 0. The van der Waals surface area contributed by atoms with Gasteiger partial charge < -0.3 is 28.4 Å². The van der Waals surface area contributed by atoms with Crippen LogP contribution in [-0.4, -0.2) is 56.5 Å². The number of cyclic esters (lactones) is 1. The van der Waals surface area contributed by atoms with Gasteiger partial charge in [0.05, 0.1) is 0 Å².